The number of nitrogens with one attached hydrogen (secondary N) is 3. The first kappa shape index (κ1) is 26.4. The second kappa shape index (κ2) is 13.6. The fourth-order valence-corrected chi connectivity index (χ4v) is 2.46. The number of rotatable bonds is 8. The molecule has 0 saturated heterocycles. The van der Waals surface area contributed by atoms with Crippen molar-refractivity contribution >= 4 is 36.0 Å². The Morgan fingerprint density at radius 3 is 2.61 bits per heavy atom. The third-order valence-corrected chi connectivity index (χ3v) is 3.90. The van der Waals surface area contributed by atoms with Gasteiger partial charge in [-0.2, -0.15) is 0 Å². The summed E-state index contributed by atoms with van der Waals surface area (Å²) in [6.45, 7) is 10.8. The average Bonchev–Trinajstić information content (AvgIpc) is 2.60. The summed E-state index contributed by atoms with van der Waals surface area (Å²) >= 11 is 0. The molecule has 0 aliphatic carbocycles. The van der Waals surface area contributed by atoms with Crippen molar-refractivity contribution in [2.75, 3.05) is 13.6 Å². The number of halogens is 1. The molecular formula is C20H36IN5O2. The Hall–Kier alpha value is -1.58. The lowest BCUT2D eigenvalue weighted by Gasteiger charge is -2.24. The van der Waals surface area contributed by atoms with Crippen LogP contribution < -0.4 is 16.0 Å². The predicted molar refractivity (Wildman–Crippen MR) is 125 cm³/mol. The number of hydrogen-bond acceptors (Lipinski definition) is 4. The molecule has 8 heteroatoms. The van der Waals surface area contributed by atoms with Crippen molar-refractivity contribution in [1.82, 2.24) is 20.9 Å². The molecule has 1 atom stereocenters. The molecule has 0 saturated carbocycles. The van der Waals surface area contributed by atoms with Crippen molar-refractivity contribution in [3.05, 3.63) is 29.6 Å². The number of amides is 1. The van der Waals surface area contributed by atoms with Crippen molar-refractivity contribution < 1.29 is 9.53 Å². The number of aromatic nitrogens is 1. The molecule has 28 heavy (non-hydrogen) atoms. The van der Waals surface area contributed by atoms with Gasteiger partial charge in [-0.05, 0) is 45.7 Å². The molecule has 1 aromatic rings. The Morgan fingerprint density at radius 1 is 1.32 bits per heavy atom. The Labute approximate surface area is 186 Å². The molecule has 1 heterocycles. The highest BCUT2D eigenvalue weighted by Gasteiger charge is 2.18. The third-order valence-electron chi connectivity index (χ3n) is 3.90. The Balaban J connectivity index is 0.00000729. The number of nitrogens with zero attached hydrogens (tertiary/aromatic N) is 2. The van der Waals surface area contributed by atoms with E-state index >= 15 is 0 Å². The number of pyridine rings is 1. The zero-order valence-corrected chi connectivity index (χ0v) is 20.3. The minimum Gasteiger partial charge on any atom is -0.444 e. The standard InChI is InChI=1S/C20H35N5O2.HI/c1-7-8-11-16(13-24-19(26)27-20(3,4)5)25-18(21-6)23-14-17-15(2)10-9-12-22-17;/h9-10,12,16H,7-8,11,13-14H2,1-6H3,(H,24,26)(H2,21,23,25);1H. The summed E-state index contributed by atoms with van der Waals surface area (Å²) in [5, 5.41) is 9.52. The van der Waals surface area contributed by atoms with E-state index in [1.54, 1.807) is 13.2 Å². The van der Waals surface area contributed by atoms with Crippen LogP contribution in [-0.2, 0) is 11.3 Å². The van der Waals surface area contributed by atoms with Crippen LogP contribution in [0.3, 0.4) is 0 Å². The SMILES string of the molecule is CCCCC(CNC(=O)OC(C)(C)C)NC(=NC)NCc1ncccc1C.I. The van der Waals surface area contributed by atoms with Gasteiger partial charge in [0.2, 0.25) is 0 Å². The second-order valence-corrected chi connectivity index (χ2v) is 7.56. The molecule has 0 spiro atoms. The van der Waals surface area contributed by atoms with Gasteiger partial charge in [0.05, 0.1) is 12.2 Å². The zero-order valence-electron chi connectivity index (χ0n) is 18.0. The summed E-state index contributed by atoms with van der Waals surface area (Å²) in [4.78, 5) is 20.6. The Bertz CT molecular complexity index is 617. The van der Waals surface area contributed by atoms with Crippen molar-refractivity contribution in [3.63, 3.8) is 0 Å². The summed E-state index contributed by atoms with van der Waals surface area (Å²) in [5.74, 6) is 0.687. The molecular weight excluding hydrogens is 469 g/mol. The lowest BCUT2D eigenvalue weighted by molar-refractivity contribution is 0.0523. The minimum atomic E-state index is -0.505. The van der Waals surface area contributed by atoms with Crippen LogP contribution in [-0.4, -0.2) is 42.3 Å². The predicted octanol–water partition coefficient (Wildman–Crippen LogP) is 3.76. The molecule has 0 aliphatic heterocycles. The number of carbonyl (C=O) groups excluding carboxylic acids is 1. The number of alkyl carbamates (subject to hydrolysis) is 1. The van der Waals surface area contributed by atoms with Gasteiger partial charge in [-0.1, -0.05) is 25.8 Å². The third kappa shape index (κ3) is 11.3. The minimum absolute atomic E-state index is 0. The largest absolute Gasteiger partial charge is 0.444 e. The van der Waals surface area contributed by atoms with E-state index in [-0.39, 0.29) is 30.0 Å². The summed E-state index contributed by atoms with van der Waals surface area (Å²) in [7, 11) is 1.73. The van der Waals surface area contributed by atoms with Gasteiger partial charge in [-0.15, -0.1) is 24.0 Å². The van der Waals surface area contributed by atoms with Crippen LogP contribution in [0.25, 0.3) is 0 Å². The van der Waals surface area contributed by atoms with Crippen molar-refractivity contribution in [2.45, 2.75) is 72.1 Å². The van der Waals surface area contributed by atoms with Crippen LogP contribution in [0.5, 0.6) is 0 Å². The highest BCUT2D eigenvalue weighted by molar-refractivity contribution is 14.0. The van der Waals surface area contributed by atoms with Crippen LogP contribution in [0.15, 0.2) is 23.3 Å². The number of aryl methyl sites for hydroxylation is 1. The van der Waals surface area contributed by atoms with Gasteiger partial charge in [0.25, 0.3) is 0 Å². The van der Waals surface area contributed by atoms with Gasteiger partial charge in [0.1, 0.15) is 5.60 Å². The van der Waals surface area contributed by atoms with Crippen molar-refractivity contribution in [1.29, 1.82) is 0 Å². The number of ether oxygens (including phenoxy) is 1. The van der Waals surface area contributed by atoms with Crippen LogP contribution in [0.1, 0.15) is 58.2 Å². The first-order valence-electron chi connectivity index (χ1n) is 9.59. The van der Waals surface area contributed by atoms with Gasteiger partial charge in [-0.25, -0.2) is 4.79 Å². The number of guanidine groups is 1. The van der Waals surface area contributed by atoms with Crippen LogP contribution in [0.2, 0.25) is 0 Å². The maximum absolute atomic E-state index is 11.9. The van der Waals surface area contributed by atoms with E-state index in [2.05, 4.69) is 32.9 Å². The van der Waals surface area contributed by atoms with Gasteiger partial charge in [-0.3, -0.25) is 9.98 Å². The van der Waals surface area contributed by atoms with Crippen molar-refractivity contribution in [2.24, 2.45) is 4.99 Å². The normalized spacial score (nSPS) is 12.6. The van der Waals surface area contributed by atoms with E-state index in [0.717, 1.165) is 30.5 Å². The van der Waals surface area contributed by atoms with Gasteiger partial charge < -0.3 is 20.7 Å². The van der Waals surface area contributed by atoms with Crippen LogP contribution in [0.4, 0.5) is 4.79 Å². The topological polar surface area (TPSA) is 87.6 Å². The number of carbonyl (C=O) groups is 1. The lowest BCUT2D eigenvalue weighted by Crippen LogP contribution is -2.48. The average molecular weight is 505 g/mol. The van der Waals surface area contributed by atoms with Crippen molar-refractivity contribution in [3.8, 4) is 0 Å². The molecule has 0 bridgehead atoms. The van der Waals surface area contributed by atoms with Gasteiger partial charge >= 0.3 is 6.09 Å². The highest BCUT2D eigenvalue weighted by Crippen LogP contribution is 2.07. The molecule has 7 nitrogen and oxygen atoms in total. The lowest BCUT2D eigenvalue weighted by atomic mass is 10.1. The molecule has 3 N–H and O–H groups in total. The Kier molecular flexibility index (Phi) is 12.8. The van der Waals surface area contributed by atoms with Crippen LogP contribution in [0, 0.1) is 6.92 Å². The zero-order chi connectivity index (χ0) is 20.3. The molecule has 1 unspecified atom stereocenters. The van der Waals surface area contributed by atoms with E-state index in [1.165, 1.54) is 0 Å². The van der Waals surface area contributed by atoms with Gasteiger partial charge in [0.15, 0.2) is 5.96 Å². The quantitative estimate of drug-likeness (QED) is 0.285. The Morgan fingerprint density at radius 2 is 2.04 bits per heavy atom. The number of unbranched alkanes of at least 4 members (excludes halogenated alkanes) is 1. The van der Waals surface area contributed by atoms with Gasteiger partial charge in [0, 0.05) is 25.8 Å². The van der Waals surface area contributed by atoms with E-state index in [9.17, 15) is 4.79 Å². The molecule has 1 rings (SSSR count). The highest BCUT2D eigenvalue weighted by atomic mass is 127. The summed E-state index contributed by atoms with van der Waals surface area (Å²) in [6.07, 6.45) is 4.45. The van der Waals surface area contributed by atoms with E-state index in [0.29, 0.717) is 19.0 Å². The fraction of sp³-hybridized carbons (Fsp3) is 0.650. The van der Waals surface area contributed by atoms with E-state index in [1.807, 2.05) is 39.8 Å². The fourth-order valence-electron chi connectivity index (χ4n) is 2.46. The van der Waals surface area contributed by atoms with E-state index < -0.39 is 11.7 Å². The monoisotopic (exact) mass is 505 g/mol. The molecule has 1 amide bonds. The molecule has 0 aliphatic rings. The molecule has 0 radical (unpaired) electrons. The number of aliphatic imine (C=N–C) groups is 1. The second-order valence-electron chi connectivity index (χ2n) is 7.56. The maximum atomic E-state index is 11.9. The first-order valence-corrected chi connectivity index (χ1v) is 9.59. The summed E-state index contributed by atoms with van der Waals surface area (Å²) in [5.41, 5.74) is 1.61. The molecule has 1 aromatic heterocycles. The molecule has 0 aromatic carbocycles. The first-order chi connectivity index (χ1) is 12.7. The van der Waals surface area contributed by atoms with Crippen LogP contribution >= 0.6 is 24.0 Å². The maximum Gasteiger partial charge on any atom is 0.407 e. The molecule has 0 fully saturated rings. The molecule has 160 valence electrons. The van der Waals surface area contributed by atoms with E-state index in [4.69, 9.17) is 4.74 Å². The summed E-state index contributed by atoms with van der Waals surface area (Å²) < 4.78 is 5.31. The summed E-state index contributed by atoms with van der Waals surface area (Å²) in [6, 6.07) is 4.03. The number of hydrogen-bond donors (Lipinski definition) is 3. The smallest absolute Gasteiger partial charge is 0.407 e.